The summed E-state index contributed by atoms with van der Waals surface area (Å²) < 4.78 is 5.04. The molecule has 1 aromatic heterocycles. The summed E-state index contributed by atoms with van der Waals surface area (Å²) in [4.78, 5) is 4.36. The van der Waals surface area contributed by atoms with Crippen LogP contribution in [0.25, 0.3) is 0 Å². The number of methoxy groups -OCH3 is 1. The summed E-state index contributed by atoms with van der Waals surface area (Å²) >= 11 is 5.22. The maximum atomic E-state index is 5.22. The highest BCUT2D eigenvalue weighted by molar-refractivity contribution is 7.80. The predicted octanol–water partition coefficient (Wildman–Crippen LogP) is 1.64. The van der Waals surface area contributed by atoms with Crippen LogP contribution in [0.1, 0.15) is 25.1 Å². The number of aryl methyl sites for hydroxylation is 1. The Labute approximate surface area is 114 Å². The van der Waals surface area contributed by atoms with Crippen molar-refractivity contribution in [1.29, 1.82) is 0 Å². The molecule has 2 N–H and O–H groups in total. The average Bonchev–Trinajstić information content (AvgIpc) is 2.37. The lowest BCUT2D eigenvalue weighted by atomic mass is 10.1. The molecule has 1 aromatic rings. The van der Waals surface area contributed by atoms with Gasteiger partial charge in [0.25, 0.3) is 0 Å². The highest BCUT2D eigenvalue weighted by atomic mass is 32.1. The van der Waals surface area contributed by atoms with Gasteiger partial charge in [-0.25, -0.2) is 0 Å². The molecule has 1 heterocycles. The monoisotopic (exact) mass is 267 g/mol. The third-order valence-electron chi connectivity index (χ3n) is 2.58. The third kappa shape index (κ3) is 4.98. The van der Waals surface area contributed by atoms with E-state index in [4.69, 9.17) is 17.0 Å². The molecule has 0 bridgehead atoms. The molecule has 0 amide bonds. The molecule has 100 valence electrons. The van der Waals surface area contributed by atoms with E-state index in [1.165, 1.54) is 5.56 Å². The summed E-state index contributed by atoms with van der Waals surface area (Å²) in [7, 11) is 1.68. The number of nitrogens with one attached hydrogen (secondary N) is 2. The fraction of sp³-hybridized carbons (Fsp3) is 0.538. The summed E-state index contributed by atoms with van der Waals surface area (Å²) in [5, 5.41) is 6.95. The van der Waals surface area contributed by atoms with Crippen molar-refractivity contribution < 1.29 is 4.74 Å². The van der Waals surface area contributed by atoms with Crippen molar-refractivity contribution >= 4 is 17.3 Å². The second kappa shape index (κ2) is 8.00. The summed E-state index contributed by atoms with van der Waals surface area (Å²) in [5.41, 5.74) is 2.29. The van der Waals surface area contributed by atoms with Gasteiger partial charge in [-0.05, 0) is 37.2 Å². The first kappa shape index (κ1) is 14.9. The molecule has 0 aliphatic carbocycles. The van der Waals surface area contributed by atoms with Crippen LogP contribution < -0.4 is 10.6 Å². The molecular weight excluding hydrogens is 246 g/mol. The van der Waals surface area contributed by atoms with Crippen LogP contribution in [-0.2, 0) is 17.7 Å². The molecular formula is C13H21N3OS. The van der Waals surface area contributed by atoms with Gasteiger partial charge < -0.3 is 15.4 Å². The number of nitrogens with zero attached hydrogens (tertiary/aromatic N) is 1. The van der Waals surface area contributed by atoms with E-state index in [9.17, 15) is 0 Å². The Morgan fingerprint density at radius 2 is 2.33 bits per heavy atom. The van der Waals surface area contributed by atoms with E-state index in [2.05, 4.69) is 28.6 Å². The molecule has 1 atom stereocenters. The molecule has 4 nitrogen and oxygen atoms in total. The van der Waals surface area contributed by atoms with Gasteiger partial charge in [0.2, 0.25) is 0 Å². The van der Waals surface area contributed by atoms with Gasteiger partial charge in [-0.3, -0.25) is 4.98 Å². The Bertz CT molecular complexity index is 384. The minimum Gasteiger partial charge on any atom is -0.383 e. The zero-order valence-electron chi connectivity index (χ0n) is 11.2. The smallest absolute Gasteiger partial charge is 0.166 e. The van der Waals surface area contributed by atoms with Gasteiger partial charge in [0.15, 0.2) is 5.11 Å². The van der Waals surface area contributed by atoms with Crippen LogP contribution in [0.4, 0.5) is 0 Å². The fourth-order valence-corrected chi connectivity index (χ4v) is 1.96. The third-order valence-corrected chi connectivity index (χ3v) is 2.84. The van der Waals surface area contributed by atoms with Crippen LogP contribution in [0.15, 0.2) is 18.3 Å². The SMILES string of the molecule is CCc1cccnc1CNC(=S)NC(C)COC. The Hall–Kier alpha value is -1.20. The normalized spacial score (nSPS) is 11.9. The minimum absolute atomic E-state index is 0.198. The lowest BCUT2D eigenvalue weighted by molar-refractivity contribution is 0.179. The zero-order chi connectivity index (χ0) is 13.4. The molecule has 0 aliphatic rings. The second-order valence-electron chi connectivity index (χ2n) is 4.15. The number of ether oxygens (including phenoxy) is 1. The molecule has 1 rings (SSSR count). The number of thiocarbonyl (C=S) groups is 1. The summed E-state index contributed by atoms with van der Waals surface area (Å²) in [6.45, 7) is 5.43. The van der Waals surface area contributed by atoms with E-state index >= 15 is 0 Å². The van der Waals surface area contributed by atoms with Gasteiger partial charge in [-0.2, -0.15) is 0 Å². The maximum Gasteiger partial charge on any atom is 0.166 e. The summed E-state index contributed by atoms with van der Waals surface area (Å²) in [6, 6.07) is 4.25. The van der Waals surface area contributed by atoms with Gasteiger partial charge in [0, 0.05) is 19.3 Å². The molecule has 1 unspecified atom stereocenters. The van der Waals surface area contributed by atoms with E-state index in [1.54, 1.807) is 13.3 Å². The molecule has 0 radical (unpaired) electrons. The molecule has 18 heavy (non-hydrogen) atoms. The van der Waals surface area contributed by atoms with Crippen molar-refractivity contribution in [3.05, 3.63) is 29.6 Å². The molecule has 0 fully saturated rings. The van der Waals surface area contributed by atoms with E-state index < -0.39 is 0 Å². The Balaban J connectivity index is 2.42. The quantitative estimate of drug-likeness (QED) is 0.767. The standard InChI is InChI=1S/C13H21N3OS/c1-4-11-6-5-7-14-12(11)8-15-13(18)16-10(2)9-17-3/h5-7,10H,4,8-9H2,1-3H3,(H2,15,16,18). The van der Waals surface area contributed by atoms with Crippen LogP contribution in [0.2, 0.25) is 0 Å². The highest BCUT2D eigenvalue weighted by Gasteiger charge is 2.05. The number of hydrogen-bond donors (Lipinski definition) is 2. The van der Waals surface area contributed by atoms with Crippen LogP contribution in [0.5, 0.6) is 0 Å². The zero-order valence-corrected chi connectivity index (χ0v) is 12.0. The molecule has 0 saturated heterocycles. The first-order chi connectivity index (χ1) is 8.67. The van der Waals surface area contributed by atoms with Gasteiger partial charge in [0.05, 0.1) is 18.8 Å². The van der Waals surface area contributed by atoms with Crippen molar-refractivity contribution in [2.75, 3.05) is 13.7 Å². The number of hydrogen-bond acceptors (Lipinski definition) is 3. The molecule has 5 heteroatoms. The van der Waals surface area contributed by atoms with Crippen LogP contribution in [-0.4, -0.2) is 29.9 Å². The molecule has 0 aliphatic heterocycles. The maximum absolute atomic E-state index is 5.22. The van der Waals surface area contributed by atoms with Crippen LogP contribution in [0, 0.1) is 0 Å². The van der Waals surface area contributed by atoms with Gasteiger partial charge in [-0.15, -0.1) is 0 Å². The lowest BCUT2D eigenvalue weighted by Gasteiger charge is -2.16. The summed E-state index contributed by atoms with van der Waals surface area (Å²) in [6.07, 6.45) is 2.78. The predicted molar refractivity (Wildman–Crippen MR) is 77.5 cm³/mol. The molecule has 0 saturated carbocycles. The first-order valence-electron chi connectivity index (χ1n) is 6.13. The lowest BCUT2D eigenvalue weighted by Crippen LogP contribution is -2.42. The largest absolute Gasteiger partial charge is 0.383 e. The van der Waals surface area contributed by atoms with Crippen molar-refractivity contribution in [3.8, 4) is 0 Å². The van der Waals surface area contributed by atoms with E-state index in [1.807, 2.05) is 13.0 Å². The van der Waals surface area contributed by atoms with Crippen molar-refractivity contribution in [3.63, 3.8) is 0 Å². The Morgan fingerprint density at radius 1 is 1.56 bits per heavy atom. The van der Waals surface area contributed by atoms with Crippen LogP contribution in [0.3, 0.4) is 0 Å². The molecule has 0 aromatic carbocycles. The Kier molecular flexibility index (Phi) is 6.60. The summed E-state index contributed by atoms with van der Waals surface area (Å²) in [5.74, 6) is 0. The second-order valence-corrected chi connectivity index (χ2v) is 4.55. The first-order valence-corrected chi connectivity index (χ1v) is 6.54. The highest BCUT2D eigenvalue weighted by Crippen LogP contribution is 2.05. The topological polar surface area (TPSA) is 46.2 Å². The Morgan fingerprint density at radius 3 is 3.00 bits per heavy atom. The van der Waals surface area contributed by atoms with E-state index in [-0.39, 0.29) is 6.04 Å². The van der Waals surface area contributed by atoms with E-state index in [0.29, 0.717) is 18.3 Å². The van der Waals surface area contributed by atoms with Gasteiger partial charge >= 0.3 is 0 Å². The van der Waals surface area contributed by atoms with Crippen molar-refractivity contribution in [2.45, 2.75) is 32.9 Å². The number of pyridine rings is 1. The fourth-order valence-electron chi connectivity index (χ4n) is 1.68. The van der Waals surface area contributed by atoms with Crippen LogP contribution >= 0.6 is 12.2 Å². The average molecular weight is 267 g/mol. The minimum atomic E-state index is 0.198. The molecule has 0 spiro atoms. The van der Waals surface area contributed by atoms with Crippen molar-refractivity contribution in [2.24, 2.45) is 0 Å². The van der Waals surface area contributed by atoms with E-state index in [0.717, 1.165) is 12.1 Å². The number of aromatic nitrogens is 1. The number of rotatable bonds is 6. The van der Waals surface area contributed by atoms with Crippen molar-refractivity contribution in [1.82, 2.24) is 15.6 Å². The van der Waals surface area contributed by atoms with Gasteiger partial charge in [-0.1, -0.05) is 13.0 Å². The van der Waals surface area contributed by atoms with Gasteiger partial charge in [0.1, 0.15) is 0 Å².